The lowest BCUT2D eigenvalue weighted by Gasteiger charge is -2.03. The maximum absolute atomic E-state index is 11.8. The summed E-state index contributed by atoms with van der Waals surface area (Å²) in [6.45, 7) is 3.71. The van der Waals surface area contributed by atoms with Crippen molar-refractivity contribution in [1.82, 2.24) is 9.97 Å². The molecule has 3 N–H and O–H groups in total. The van der Waals surface area contributed by atoms with Gasteiger partial charge in [-0.3, -0.25) is 10.1 Å². The van der Waals surface area contributed by atoms with Gasteiger partial charge in [0.25, 0.3) is 5.91 Å². The fourth-order valence-electron chi connectivity index (χ4n) is 1.77. The van der Waals surface area contributed by atoms with Crippen LogP contribution >= 0.6 is 0 Å². The normalized spacial score (nSPS) is 10.7. The number of nitrogens with zero attached hydrogens (tertiary/aromatic N) is 2. The van der Waals surface area contributed by atoms with E-state index in [1.54, 1.807) is 18.2 Å². The van der Waals surface area contributed by atoms with Crippen molar-refractivity contribution < 1.29 is 4.79 Å². The molecule has 1 aromatic carbocycles. The zero-order chi connectivity index (χ0) is 14.5. The van der Waals surface area contributed by atoms with Gasteiger partial charge in [0, 0.05) is 23.2 Å². The van der Waals surface area contributed by atoms with E-state index >= 15 is 0 Å². The molecule has 0 saturated carbocycles. The predicted molar refractivity (Wildman–Crippen MR) is 80.0 cm³/mol. The summed E-state index contributed by atoms with van der Waals surface area (Å²) in [6, 6.07) is 9.13. The Kier molecular flexibility index (Phi) is 4.10. The average Bonchev–Trinajstić information content (AvgIpc) is 2.35. The molecule has 0 spiro atoms. The van der Waals surface area contributed by atoms with Crippen LogP contribution in [-0.2, 0) is 4.79 Å². The molecule has 0 atom stereocenters. The Morgan fingerprint density at radius 2 is 1.90 bits per heavy atom. The Morgan fingerprint density at radius 3 is 2.55 bits per heavy atom. The first kappa shape index (κ1) is 13.7. The monoisotopic (exact) mass is 268 g/mol. The molecule has 0 aliphatic carbocycles. The van der Waals surface area contributed by atoms with Crippen molar-refractivity contribution in [2.45, 2.75) is 13.8 Å². The molecular formula is C15H16N4O. The Bertz CT molecular complexity index is 644. The van der Waals surface area contributed by atoms with Crippen molar-refractivity contribution in [1.29, 1.82) is 0 Å². The molecule has 20 heavy (non-hydrogen) atoms. The molecule has 2 aromatic rings. The van der Waals surface area contributed by atoms with E-state index in [2.05, 4.69) is 15.3 Å². The minimum Gasteiger partial charge on any atom is -0.399 e. The van der Waals surface area contributed by atoms with Gasteiger partial charge in [-0.2, -0.15) is 0 Å². The number of rotatable bonds is 3. The molecule has 1 aromatic heterocycles. The molecule has 0 radical (unpaired) electrons. The number of amides is 1. The molecule has 1 amide bonds. The summed E-state index contributed by atoms with van der Waals surface area (Å²) in [5, 5.41) is 2.63. The fourth-order valence-corrected chi connectivity index (χ4v) is 1.77. The smallest absolute Gasteiger partial charge is 0.250 e. The van der Waals surface area contributed by atoms with Crippen molar-refractivity contribution in [3.63, 3.8) is 0 Å². The van der Waals surface area contributed by atoms with Crippen LogP contribution in [0, 0.1) is 13.8 Å². The van der Waals surface area contributed by atoms with Gasteiger partial charge in [0.1, 0.15) is 0 Å². The summed E-state index contributed by atoms with van der Waals surface area (Å²) in [5.74, 6) is 0.0298. The highest BCUT2D eigenvalue weighted by molar-refractivity contribution is 6.00. The van der Waals surface area contributed by atoms with Gasteiger partial charge in [-0.05, 0) is 43.7 Å². The number of carbonyl (C=O) groups excluding carboxylic acids is 1. The first-order valence-corrected chi connectivity index (χ1v) is 6.20. The molecule has 102 valence electrons. The highest BCUT2D eigenvalue weighted by atomic mass is 16.1. The van der Waals surface area contributed by atoms with Crippen molar-refractivity contribution in [3.8, 4) is 0 Å². The highest BCUT2D eigenvalue weighted by Gasteiger charge is 2.02. The van der Waals surface area contributed by atoms with E-state index in [4.69, 9.17) is 5.73 Å². The SMILES string of the molecule is Cc1cc(C)nc(NC(=O)/C=C/c2cccc(N)c2)n1. The summed E-state index contributed by atoms with van der Waals surface area (Å²) in [5.41, 5.74) is 8.81. The van der Waals surface area contributed by atoms with Gasteiger partial charge in [-0.15, -0.1) is 0 Å². The second-order valence-corrected chi connectivity index (χ2v) is 4.47. The van der Waals surface area contributed by atoms with Crippen molar-refractivity contribution in [2.24, 2.45) is 0 Å². The van der Waals surface area contributed by atoms with Crippen molar-refractivity contribution in [2.75, 3.05) is 11.1 Å². The van der Waals surface area contributed by atoms with Crippen LogP contribution < -0.4 is 11.1 Å². The molecule has 5 heteroatoms. The molecule has 0 aliphatic rings. The number of nitrogens with two attached hydrogens (primary N) is 1. The van der Waals surface area contributed by atoms with E-state index in [9.17, 15) is 4.79 Å². The fraction of sp³-hybridized carbons (Fsp3) is 0.133. The number of aromatic nitrogens is 2. The summed E-state index contributed by atoms with van der Waals surface area (Å²) in [6.07, 6.45) is 3.12. The Morgan fingerprint density at radius 1 is 1.20 bits per heavy atom. The minimum atomic E-state index is -0.280. The molecule has 0 fully saturated rings. The topological polar surface area (TPSA) is 80.9 Å². The largest absolute Gasteiger partial charge is 0.399 e. The maximum Gasteiger partial charge on any atom is 0.250 e. The number of anilines is 2. The van der Waals surface area contributed by atoms with Crippen molar-refractivity contribution in [3.05, 3.63) is 53.4 Å². The number of hydrogen-bond donors (Lipinski definition) is 2. The van der Waals surface area contributed by atoms with E-state index in [0.29, 0.717) is 11.6 Å². The molecule has 0 bridgehead atoms. The first-order valence-electron chi connectivity index (χ1n) is 6.20. The van der Waals surface area contributed by atoms with Crippen LogP contribution in [0.15, 0.2) is 36.4 Å². The maximum atomic E-state index is 11.8. The minimum absolute atomic E-state index is 0.280. The average molecular weight is 268 g/mol. The number of hydrogen-bond acceptors (Lipinski definition) is 4. The molecule has 0 aliphatic heterocycles. The number of aryl methyl sites for hydroxylation is 2. The van der Waals surface area contributed by atoms with Gasteiger partial charge in [0.05, 0.1) is 0 Å². The van der Waals surface area contributed by atoms with E-state index in [1.165, 1.54) is 6.08 Å². The quantitative estimate of drug-likeness (QED) is 0.661. The third-order valence-electron chi connectivity index (χ3n) is 2.56. The van der Waals surface area contributed by atoms with E-state index < -0.39 is 0 Å². The third kappa shape index (κ3) is 3.91. The number of nitrogens with one attached hydrogen (secondary N) is 1. The summed E-state index contributed by atoms with van der Waals surface area (Å²) in [4.78, 5) is 20.1. The van der Waals surface area contributed by atoms with Crippen LogP contribution in [0.4, 0.5) is 11.6 Å². The van der Waals surface area contributed by atoms with Crippen LogP contribution in [0.5, 0.6) is 0 Å². The van der Waals surface area contributed by atoms with E-state index in [0.717, 1.165) is 17.0 Å². The lowest BCUT2D eigenvalue weighted by Crippen LogP contribution is -2.11. The zero-order valence-electron chi connectivity index (χ0n) is 11.4. The molecule has 1 heterocycles. The third-order valence-corrected chi connectivity index (χ3v) is 2.56. The van der Waals surface area contributed by atoms with E-state index in [1.807, 2.05) is 32.0 Å². The number of benzene rings is 1. The summed E-state index contributed by atoms with van der Waals surface area (Å²) >= 11 is 0. The number of carbonyl (C=O) groups is 1. The van der Waals surface area contributed by atoms with Gasteiger partial charge in [-0.25, -0.2) is 9.97 Å². The van der Waals surface area contributed by atoms with Crippen LogP contribution in [0.1, 0.15) is 17.0 Å². The standard InChI is InChI=1S/C15H16N4O/c1-10-8-11(2)18-15(17-10)19-14(20)7-6-12-4-3-5-13(16)9-12/h3-9H,16H2,1-2H3,(H,17,18,19,20)/b7-6+. The van der Waals surface area contributed by atoms with Crippen LogP contribution in [0.25, 0.3) is 6.08 Å². The highest BCUT2D eigenvalue weighted by Crippen LogP contribution is 2.08. The second kappa shape index (κ2) is 5.97. The summed E-state index contributed by atoms with van der Waals surface area (Å²) < 4.78 is 0. The first-order chi connectivity index (χ1) is 9.52. The Balaban J connectivity index is 2.05. The summed E-state index contributed by atoms with van der Waals surface area (Å²) in [7, 11) is 0. The van der Waals surface area contributed by atoms with Gasteiger partial charge in [0.2, 0.25) is 5.95 Å². The lowest BCUT2D eigenvalue weighted by atomic mass is 10.2. The Hall–Kier alpha value is -2.69. The van der Waals surface area contributed by atoms with Crippen LogP contribution in [-0.4, -0.2) is 15.9 Å². The van der Waals surface area contributed by atoms with Crippen LogP contribution in [0.3, 0.4) is 0 Å². The molecular weight excluding hydrogens is 252 g/mol. The van der Waals surface area contributed by atoms with Crippen molar-refractivity contribution >= 4 is 23.6 Å². The van der Waals surface area contributed by atoms with Gasteiger partial charge in [-0.1, -0.05) is 12.1 Å². The van der Waals surface area contributed by atoms with E-state index in [-0.39, 0.29) is 5.91 Å². The predicted octanol–water partition coefficient (Wildman–Crippen LogP) is 2.33. The number of nitrogen functional groups attached to an aromatic ring is 1. The molecule has 0 saturated heterocycles. The Labute approximate surface area is 117 Å². The molecule has 0 unspecified atom stereocenters. The zero-order valence-corrected chi connectivity index (χ0v) is 11.4. The van der Waals surface area contributed by atoms with Crippen LogP contribution in [0.2, 0.25) is 0 Å². The van der Waals surface area contributed by atoms with Gasteiger partial charge >= 0.3 is 0 Å². The van der Waals surface area contributed by atoms with Gasteiger partial charge in [0.15, 0.2) is 0 Å². The lowest BCUT2D eigenvalue weighted by molar-refractivity contribution is -0.111. The molecule has 5 nitrogen and oxygen atoms in total. The molecule has 2 rings (SSSR count). The van der Waals surface area contributed by atoms with Gasteiger partial charge < -0.3 is 5.73 Å². The second-order valence-electron chi connectivity index (χ2n) is 4.47.